The molecule has 0 N–H and O–H groups in total. The molecule has 3 nitrogen and oxygen atoms in total. The van der Waals surface area contributed by atoms with Crippen molar-refractivity contribution in [2.24, 2.45) is 0 Å². The average molecular weight is 233 g/mol. The Bertz CT molecular complexity index is 453. The quantitative estimate of drug-likeness (QED) is 0.745. The highest BCUT2D eigenvalue weighted by atomic mass is 32.1. The van der Waals surface area contributed by atoms with E-state index in [9.17, 15) is 4.79 Å². The maximum Gasteiger partial charge on any atom is 0.169 e. The zero-order valence-corrected chi connectivity index (χ0v) is 9.44. The van der Waals surface area contributed by atoms with Crippen molar-refractivity contribution in [3.8, 4) is 5.75 Å². The number of benzene rings is 1. The van der Waals surface area contributed by atoms with Crippen molar-refractivity contribution in [3.05, 3.63) is 46.4 Å². The number of carbonyl (C=O) groups excluding carboxylic acids is 1. The van der Waals surface area contributed by atoms with Gasteiger partial charge in [-0.15, -0.1) is 11.3 Å². The number of carbonyl (C=O) groups is 1. The fourth-order valence-electron chi connectivity index (χ4n) is 1.27. The number of hydrogen-bond donors (Lipinski definition) is 0. The molecule has 1 aromatic heterocycles. The molecular weight excluding hydrogens is 222 g/mol. The molecule has 82 valence electrons. The van der Waals surface area contributed by atoms with Crippen LogP contribution in [0.4, 0.5) is 0 Å². The first-order chi connectivity index (χ1) is 7.88. The van der Waals surface area contributed by atoms with E-state index in [1.807, 2.05) is 30.3 Å². The summed E-state index contributed by atoms with van der Waals surface area (Å²) >= 11 is 1.49. The lowest BCUT2D eigenvalue weighted by Crippen LogP contribution is -2.00. The molecule has 1 heterocycles. The fourth-order valence-corrected chi connectivity index (χ4v) is 1.99. The zero-order valence-electron chi connectivity index (χ0n) is 8.63. The van der Waals surface area contributed by atoms with Gasteiger partial charge in [-0.25, -0.2) is 4.98 Å². The molecule has 2 rings (SSSR count). The van der Waals surface area contributed by atoms with Crippen LogP contribution in [0.25, 0.3) is 0 Å². The molecule has 1 aromatic carbocycles. The Morgan fingerprint density at radius 2 is 2.12 bits per heavy atom. The van der Waals surface area contributed by atoms with Crippen LogP contribution in [-0.4, -0.2) is 17.9 Å². The van der Waals surface area contributed by atoms with Crippen LogP contribution < -0.4 is 4.74 Å². The molecule has 0 amide bonds. The molecule has 0 aliphatic heterocycles. The van der Waals surface area contributed by atoms with Gasteiger partial charge in [0.05, 0.1) is 11.6 Å². The van der Waals surface area contributed by atoms with Crippen LogP contribution in [0.1, 0.15) is 15.5 Å². The maximum absolute atomic E-state index is 10.4. The summed E-state index contributed by atoms with van der Waals surface area (Å²) in [5, 5.41) is 2.68. The Morgan fingerprint density at radius 1 is 1.31 bits per heavy atom. The predicted molar refractivity (Wildman–Crippen MR) is 63.1 cm³/mol. The molecule has 0 atom stereocenters. The van der Waals surface area contributed by atoms with E-state index in [4.69, 9.17) is 4.74 Å². The Kier molecular flexibility index (Phi) is 3.66. The van der Waals surface area contributed by atoms with Crippen molar-refractivity contribution in [1.82, 2.24) is 4.98 Å². The number of aldehydes is 1. The molecule has 4 heteroatoms. The van der Waals surface area contributed by atoms with Crippen LogP contribution in [-0.2, 0) is 6.42 Å². The number of thiazole rings is 1. The second-order valence-corrected chi connectivity index (χ2v) is 4.14. The van der Waals surface area contributed by atoms with Gasteiger partial charge in [-0.05, 0) is 12.1 Å². The number of rotatable bonds is 5. The molecule has 0 spiro atoms. The molecule has 0 aliphatic carbocycles. The molecule has 0 saturated carbocycles. The Morgan fingerprint density at radius 3 is 2.81 bits per heavy atom. The van der Waals surface area contributed by atoms with Gasteiger partial charge in [-0.3, -0.25) is 4.79 Å². The highest BCUT2D eigenvalue weighted by Crippen LogP contribution is 2.11. The minimum atomic E-state index is 0.500. The van der Waals surface area contributed by atoms with E-state index in [-0.39, 0.29) is 0 Å². The molecule has 0 aliphatic rings. The van der Waals surface area contributed by atoms with Crippen molar-refractivity contribution < 1.29 is 9.53 Å². The summed E-state index contributed by atoms with van der Waals surface area (Å²) in [6.07, 6.45) is 1.49. The zero-order chi connectivity index (χ0) is 11.2. The van der Waals surface area contributed by atoms with E-state index >= 15 is 0 Å². The van der Waals surface area contributed by atoms with Gasteiger partial charge < -0.3 is 4.74 Å². The Hall–Kier alpha value is -1.68. The van der Waals surface area contributed by atoms with Gasteiger partial charge in [0.15, 0.2) is 6.29 Å². The van der Waals surface area contributed by atoms with Crippen LogP contribution in [0.3, 0.4) is 0 Å². The van der Waals surface area contributed by atoms with Gasteiger partial charge in [0.2, 0.25) is 0 Å². The van der Waals surface area contributed by atoms with Crippen LogP contribution in [0.5, 0.6) is 5.75 Å². The third-order valence-corrected chi connectivity index (χ3v) is 2.94. The first-order valence-corrected chi connectivity index (χ1v) is 5.84. The van der Waals surface area contributed by atoms with Crippen molar-refractivity contribution in [1.29, 1.82) is 0 Å². The molecule has 16 heavy (non-hydrogen) atoms. The summed E-state index contributed by atoms with van der Waals surface area (Å²) in [7, 11) is 0. The first kappa shape index (κ1) is 10.8. The van der Waals surface area contributed by atoms with Gasteiger partial charge in [0.25, 0.3) is 0 Å². The summed E-state index contributed by atoms with van der Waals surface area (Å²) < 4.78 is 5.53. The minimum absolute atomic E-state index is 0.500. The summed E-state index contributed by atoms with van der Waals surface area (Å²) in [4.78, 5) is 14.6. The van der Waals surface area contributed by atoms with Crippen LogP contribution in [0.15, 0.2) is 35.7 Å². The van der Waals surface area contributed by atoms with Gasteiger partial charge in [0.1, 0.15) is 11.4 Å². The smallest absolute Gasteiger partial charge is 0.169 e. The van der Waals surface area contributed by atoms with E-state index < -0.39 is 0 Å². The molecule has 0 bridgehead atoms. The molecule has 0 unspecified atom stereocenters. The number of nitrogens with zero attached hydrogens (tertiary/aromatic N) is 1. The van der Waals surface area contributed by atoms with E-state index in [0.29, 0.717) is 12.3 Å². The first-order valence-electron chi connectivity index (χ1n) is 4.96. The summed E-state index contributed by atoms with van der Waals surface area (Å²) in [6, 6.07) is 9.65. The normalized spacial score (nSPS) is 10.0. The minimum Gasteiger partial charge on any atom is -0.493 e. The van der Waals surface area contributed by atoms with Crippen molar-refractivity contribution in [3.63, 3.8) is 0 Å². The number of ether oxygens (including phenoxy) is 1. The monoisotopic (exact) mass is 233 g/mol. The standard InChI is InChI=1S/C12H11NO2S/c14-8-10-9-16-12(13-10)6-7-15-11-4-2-1-3-5-11/h1-5,8-9H,6-7H2. The lowest BCUT2D eigenvalue weighted by atomic mass is 10.3. The number of aromatic nitrogens is 1. The second-order valence-electron chi connectivity index (χ2n) is 3.20. The lowest BCUT2D eigenvalue weighted by Gasteiger charge is -2.03. The highest BCUT2D eigenvalue weighted by molar-refractivity contribution is 7.09. The van der Waals surface area contributed by atoms with Gasteiger partial charge >= 0.3 is 0 Å². The van der Waals surface area contributed by atoms with Crippen LogP contribution in [0, 0.1) is 0 Å². The lowest BCUT2D eigenvalue weighted by molar-refractivity contribution is 0.111. The molecule has 2 aromatic rings. The van der Waals surface area contributed by atoms with Gasteiger partial charge in [-0.2, -0.15) is 0 Å². The van der Waals surface area contributed by atoms with Crippen LogP contribution >= 0.6 is 11.3 Å². The number of hydrogen-bond acceptors (Lipinski definition) is 4. The molecular formula is C12H11NO2S. The molecule has 0 radical (unpaired) electrons. The average Bonchev–Trinajstić information content (AvgIpc) is 2.78. The number of para-hydroxylation sites is 1. The largest absolute Gasteiger partial charge is 0.493 e. The van der Waals surface area contributed by atoms with Crippen molar-refractivity contribution in [2.45, 2.75) is 6.42 Å². The highest BCUT2D eigenvalue weighted by Gasteiger charge is 2.01. The molecule has 0 saturated heterocycles. The fraction of sp³-hybridized carbons (Fsp3) is 0.167. The van der Waals surface area contributed by atoms with Crippen LogP contribution in [0.2, 0.25) is 0 Å². The van der Waals surface area contributed by atoms with Crippen molar-refractivity contribution >= 4 is 17.6 Å². The maximum atomic E-state index is 10.4. The van der Waals surface area contributed by atoms with E-state index in [1.54, 1.807) is 5.38 Å². The van der Waals surface area contributed by atoms with E-state index in [2.05, 4.69) is 4.98 Å². The Balaban J connectivity index is 1.82. The summed E-state index contributed by atoms with van der Waals surface area (Å²) in [6.45, 7) is 0.579. The Labute approximate surface area is 97.7 Å². The van der Waals surface area contributed by atoms with E-state index in [1.165, 1.54) is 11.3 Å². The predicted octanol–water partition coefficient (Wildman–Crippen LogP) is 2.58. The van der Waals surface area contributed by atoms with Crippen molar-refractivity contribution in [2.75, 3.05) is 6.61 Å². The second kappa shape index (κ2) is 5.42. The summed E-state index contributed by atoms with van der Waals surface area (Å²) in [5.74, 6) is 0.856. The summed E-state index contributed by atoms with van der Waals surface area (Å²) in [5.41, 5.74) is 0.500. The molecule has 0 fully saturated rings. The third-order valence-electron chi connectivity index (χ3n) is 2.02. The van der Waals surface area contributed by atoms with Gasteiger partial charge in [0, 0.05) is 11.8 Å². The van der Waals surface area contributed by atoms with E-state index in [0.717, 1.165) is 23.5 Å². The van der Waals surface area contributed by atoms with Gasteiger partial charge in [-0.1, -0.05) is 18.2 Å². The SMILES string of the molecule is O=Cc1csc(CCOc2ccccc2)n1. The third kappa shape index (κ3) is 2.90. The topological polar surface area (TPSA) is 39.2 Å².